The highest BCUT2D eigenvalue weighted by Crippen LogP contribution is 1.90. The third-order valence-electron chi connectivity index (χ3n) is 1.16. The Hall–Kier alpha value is -1.36. The van der Waals surface area contributed by atoms with Crippen LogP contribution in [-0.2, 0) is 4.84 Å². The van der Waals surface area contributed by atoms with Gasteiger partial charge in [-0.2, -0.15) is 5.10 Å². The first-order valence-corrected chi connectivity index (χ1v) is 2.89. The van der Waals surface area contributed by atoms with Crippen molar-refractivity contribution < 1.29 is 4.84 Å². The average Bonchev–Trinajstić information content (AvgIpc) is 2.59. The molecule has 52 valence electrons. The minimum Gasteiger partial charge on any atom is -0.250 e. The van der Waals surface area contributed by atoms with Gasteiger partial charge < -0.3 is 0 Å². The van der Waals surface area contributed by atoms with Crippen LogP contribution in [0, 0.1) is 0 Å². The summed E-state index contributed by atoms with van der Waals surface area (Å²) in [5.41, 5.74) is 2.61. The molecule has 0 saturated carbocycles. The first-order valence-electron chi connectivity index (χ1n) is 2.89. The van der Waals surface area contributed by atoms with Gasteiger partial charge in [0.05, 0.1) is 0 Å². The molecule has 1 aliphatic rings. The summed E-state index contributed by atoms with van der Waals surface area (Å²) in [5.74, 6) is 0.630. The Morgan fingerprint density at radius 1 is 1.70 bits per heavy atom. The molecule has 0 unspecified atom stereocenters. The number of aromatic nitrogens is 2. The van der Waals surface area contributed by atoms with Crippen LogP contribution >= 0.6 is 0 Å². The van der Waals surface area contributed by atoms with E-state index in [1.54, 1.807) is 17.1 Å². The van der Waals surface area contributed by atoms with Crippen LogP contribution in [0.5, 0.6) is 0 Å². The van der Waals surface area contributed by atoms with Gasteiger partial charge in [-0.3, -0.25) is 0 Å². The monoisotopic (exact) mass is 138 g/mol. The van der Waals surface area contributed by atoms with Crippen LogP contribution in [-0.4, -0.2) is 22.5 Å². The van der Waals surface area contributed by atoms with E-state index in [2.05, 4.69) is 15.6 Å². The summed E-state index contributed by atoms with van der Waals surface area (Å²) in [6.07, 6.45) is 3.48. The minimum atomic E-state index is 0.356. The van der Waals surface area contributed by atoms with Crippen molar-refractivity contribution in [3.63, 3.8) is 0 Å². The second-order valence-electron chi connectivity index (χ2n) is 1.81. The van der Waals surface area contributed by atoms with Crippen LogP contribution in [0.1, 0.15) is 0 Å². The summed E-state index contributed by atoms with van der Waals surface area (Å²) in [4.78, 5) is 8.73. The fraction of sp³-hybridized carbons (Fsp3) is 0.200. The van der Waals surface area contributed by atoms with E-state index in [0.717, 1.165) is 0 Å². The van der Waals surface area contributed by atoms with Gasteiger partial charge in [0, 0.05) is 12.4 Å². The molecule has 0 atom stereocenters. The predicted octanol–water partition coefficient (Wildman–Crippen LogP) is -0.421. The maximum atomic E-state index is 4.77. The fourth-order valence-electron chi connectivity index (χ4n) is 0.736. The van der Waals surface area contributed by atoms with Gasteiger partial charge in [0.25, 0.3) is 0 Å². The lowest BCUT2D eigenvalue weighted by molar-refractivity contribution is 0.113. The van der Waals surface area contributed by atoms with E-state index in [1.165, 1.54) is 0 Å². The van der Waals surface area contributed by atoms with Crippen molar-refractivity contribution >= 4 is 5.96 Å². The number of rotatable bonds is 0. The maximum absolute atomic E-state index is 4.77. The summed E-state index contributed by atoms with van der Waals surface area (Å²) in [6, 6.07) is 1.82. The Morgan fingerprint density at radius 3 is 3.30 bits per heavy atom. The van der Waals surface area contributed by atoms with Gasteiger partial charge >= 0.3 is 0 Å². The van der Waals surface area contributed by atoms with Crippen molar-refractivity contribution in [3.8, 4) is 0 Å². The fourth-order valence-corrected chi connectivity index (χ4v) is 0.736. The van der Waals surface area contributed by atoms with Crippen molar-refractivity contribution in [1.29, 1.82) is 0 Å². The minimum absolute atomic E-state index is 0.356. The van der Waals surface area contributed by atoms with Gasteiger partial charge in [-0.25, -0.2) is 20.0 Å². The lowest BCUT2D eigenvalue weighted by Crippen LogP contribution is -2.24. The second-order valence-corrected chi connectivity index (χ2v) is 1.81. The zero-order valence-electron chi connectivity index (χ0n) is 5.19. The van der Waals surface area contributed by atoms with Gasteiger partial charge in [-0.1, -0.05) is 0 Å². The van der Waals surface area contributed by atoms with Gasteiger partial charge in [0.2, 0.25) is 5.96 Å². The molecular formula is C5H6N4O. The van der Waals surface area contributed by atoms with Crippen molar-refractivity contribution in [2.75, 3.05) is 6.73 Å². The molecule has 2 rings (SSSR count). The smallest absolute Gasteiger partial charge is 0.246 e. The maximum Gasteiger partial charge on any atom is 0.246 e. The number of aliphatic imine (C=N–C) groups is 1. The number of nitrogens with one attached hydrogen (secondary N) is 1. The molecule has 0 aliphatic carbocycles. The van der Waals surface area contributed by atoms with E-state index in [1.807, 2.05) is 6.07 Å². The molecule has 1 N–H and O–H groups in total. The molecule has 0 amide bonds. The van der Waals surface area contributed by atoms with E-state index in [-0.39, 0.29) is 0 Å². The third-order valence-corrected chi connectivity index (χ3v) is 1.16. The Bertz CT molecular complexity index is 240. The third kappa shape index (κ3) is 0.763. The molecule has 0 fully saturated rings. The Kier molecular flexibility index (Phi) is 1.14. The summed E-state index contributed by atoms with van der Waals surface area (Å²) in [5, 5.41) is 3.94. The van der Waals surface area contributed by atoms with Gasteiger partial charge in [-0.05, 0) is 6.07 Å². The number of hydrogen-bond acceptors (Lipinski definition) is 4. The molecule has 5 heteroatoms. The van der Waals surface area contributed by atoms with E-state index < -0.39 is 0 Å². The SMILES string of the molecule is c1cnn(C2=NCON2)c1. The zero-order valence-corrected chi connectivity index (χ0v) is 5.19. The highest BCUT2D eigenvalue weighted by Gasteiger charge is 2.06. The lowest BCUT2D eigenvalue weighted by Gasteiger charge is -1.97. The van der Waals surface area contributed by atoms with E-state index in [4.69, 9.17) is 4.84 Å². The molecule has 10 heavy (non-hydrogen) atoms. The molecule has 5 nitrogen and oxygen atoms in total. The Balaban J connectivity index is 2.28. The molecule has 0 spiro atoms. The molecule has 1 aromatic rings. The number of hydroxylamine groups is 1. The van der Waals surface area contributed by atoms with E-state index in [9.17, 15) is 0 Å². The standard InChI is InChI=1S/C5H6N4O/c1-2-7-9(3-1)5-6-4-10-8-5/h1-3H,4H2,(H,6,8). The average molecular weight is 138 g/mol. The molecule has 0 aromatic carbocycles. The highest BCUT2D eigenvalue weighted by atomic mass is 16.7. The van der Waals surface area contributed by atoms with E-state index in [0.29, 0.717) is 12.7 Å². The second kappa shape index (κ2) is 2.11. The molecular weight excluding hydrogens is 132 g/mol. The van der Waals surface area contributed by atoms with Crippen molar-refractivity contribution in [3.05, 3.63) is 18.5 Å². The quantitative estimate of drug-likeness (QED) is 0.529. The molecule has 0 saturated heterocycles. The summed E-state index contributed by atoms with van der Waals surface area (Å²) in [7, 11) is 0. The molecule has 1 aromatic heterocycles. The van der Waals surface area contributed by atoms with Crippen LogP contribution < -0.4 is 5.48 Å². The van der Waals surface area contributed by atoms with Gasteiger partial charge in [-0.15, -0.1) is 0 Å². The van der Waals surface area contributed by atoms with Crippen LogP contribution in [0.2, 0.25) is 0 Å². The number of nitrogens with zero attached hydrogens (tertiary/aromatic N) is 3. The normalized spacial score (nSPS) is 16.6. The lowest BCUT2D eigenvalue weighted by atomic mass is 10.7. The molecule has 2 heterocycles. The van der Waals surface area contributed by atoms with Crippen molar-refractivity contribution in [2.45, 2.75) is 0 Å². The molecule has 1 aliphatic heterocycles. The summed E-state index contributed by atoms with van der Waals surface area (Å²) in [6.45, 7) is 0.356. The highest BCUT2D eigenvalue weighted by molar-refractivity contribution is 5.80. The van der Waals surface area contributed by atoms with Crippen LogP contribution in [0.4, 0.5) is 0 Å². The van der Waals surface area contributed by atoms with Crippen LogP contribution in [0.15, 0.2) is 23.5 Å². The van der Waals surface area contributed by atoms with Gasteiger partial charge in [0.15, 0.2) is 6.73 Å². The van der Waals surface area contributed by atoms with Crippen molar-refractivity contribution in [2.24, 2.45) is 4.99 Å². The molecule has 0 radical (unpaired) electrons. The summed E-state index contributed by atoms with van der Waals surface area (Å²) >= 11 is 0. The van der Waals surface area contributed by atoms with Crippen LogP contribution in [0.25, 0.3) is 0 Å². The first-order chi connectivity index (χ1) is 4.97. The Morgan fingerprint density at radius 2 is 2.70 bits per heavy atom. The van der Waals surface area contributed by atoms with Crippen LogP contribution in [0.3, 0.4) is 0 Å². The van der Waals surface area contributed by atoms with Gasteiger partial charge in [0.1, 0.15) is 0 Å². The Labute approximate surface area is 57.3 Å². The first kappa shape index (κ1) is 5.43. The van der Waals surface area contributed by atoms with E-state index >= 15 is 0 Å². The topological polar surface area (TPSA) is 51.4 Å². The zero-order chi connectivity index (χ0) is 6.81. The molecule has 0 bridgehead atoms. The van der Waals surface area contributed by atoms with Crippen molar-refractivity contribution in [1.82, 2.24) is 15.3 Å². The predicted molar refractivity (Wildman–Crippen MR) is 34.1 cm³/mol. The summed E-state index contributed by atoms with van der Waals surface area (Å²) < 4.78 is 1.60. The number of hydrogen-bond donors (Lipinski definition) is 1. The largest absolute Gasteiger partial charge is 0.250 e.